The third kappa shape index (κ3) is 6.52. The van der Waals surface area contributed by atoms with Crippen LogP contribution in [0.2, 0.25) is 5.02 Å². The van der Waals surface area contributed by atoms with Crippen LogP contribution in [-0.2, 0) is 24.4 Å². The molecule has 0 amide bonds. The molecule has 186 valence electrons. The summed E-state index contributed by atoms with van der Waals surface area (Å²) in [5.41, 5.74) is 5.01. The van der Waals surface area contributed by atoms with Crippen LogP contribution in [0.5, 0.6) is 5.75 Å². The molecular weight excluding hydrogens is 479 g/mol. The van der Waals surface area contributed by atoms with Crippen LogP contribution in [0.4, 0.5) is 4.39 Å². The Kier molecular flexibility index (Phi) is 8.06. The Morgan fingerprint density at radius 2 is 1.83 bits per heavy atom. The number of ether oxygens (including phenoxy) is 1. The number of carbonyl (C=O) groups is 1. The number of carboxylic acid groups (broad SMARTS) is 1. The summed E-state index contributed by atoms with van der Waals surface area (Å²) in [6.07, 6.45) is 0.430. The fourth-order valence-electron chi connectivity index (χ4n) is 3.98. The van der Waals surface area contributed by atoms with Crippen molar-refractivity contribution in [3.8, 4) is 28.3 Å². The fraction of sp³-hybridized carbons (Fsp3) is 0.241. The van der Waals surface area contributed by atoms with Crippen LogP contribution < -0.4 is 4.74 Å². The normalized spacial score (nSPS) is 11.1. The standard InChI is InChI=1S/C29H28ClFN2O3/c1-19(2)17-33-27(22-8-10-24(31)11-9-22)16-26(32-33)25-15-20(7-13-29(34)35)6-12-28(25)36-18-21-4-3-5-23(30)14-21/h3-6,8-12,14-16,19H,7,13,17-18H2,1-2H3,(H,34,35). The molecule has 1 aromatic heterocycles. The number of hydrogen-bond donors (Lipinski definition) is 1. The molecule has 1 heterocycles. The second-order valence-electron chi connectivity index (χ2n) is 9.14. The zero-order valence-electron chi connectivity index (χ0n) is 20.2. The topological polar surface area (TPSA) is 64.4 Å². The number of aryl methyl sites for hydroxylation is 1. The maximum Gasteiger partial charge on any atom is 0.303 e. The van der Waals surface area contributed by atoms with Crippen molar-refractivity contribution in [3.05, 3.63) is 94.8 Å². The lowest BCUT2D eigenvalue weighted by atomic mass is 10.0. The number of rotatable bonds is 10. The fourth-order valence-corrected chi connectivity index (χ4v) is 4.20. The first-order valence-electron chi connectivity index (χ1n) is 11.8. The summed E-state index contributed by atoms with van der Waals surface area (Å²) in [6, 6.07) is 21.5. The second-order valence-corrected chi connectivity index (χ2v) is 9.58. The van der Waals surface area contributed by atoms with Gasteiger partial charge in [0.25, 0.3) is 0 Å². The lowest BCUT2D eigenvalue weighted by molar-refractivity contribution is -0.136. The average Bonchev–Trinajstić information content (AvgIpc) is 3.25. The molecule has 3 aromatic carbocycles. The van der Waals surface area contributed by atoms with E-state index in [0.29, 0.717) is 42.0 Å². The minimum atomic E-state index is -0.849. The molecule has 36 heavy (non-hydrogen) atoms. The molecular formula is C29H28ClFN2O3. The molecule has 5 nitrogen and oxygen atoms in total. The van der Waals surface area contributed by atoms with Gasteiger partial charge in [-0.2, -0.15) is 5.10 Å². The van der Waals surface area contributed by atoms with Gasteiger partial charge in [0, 0.05) is 29.1 Å². The first kappa shape index (κ1) is 25.5. The van der Waals surface area contributed by atoms with Gasteiger partial charge in [-0.1, -0.05) is 43.6 Å². The minimum Gasteiger partial charge on any atom is -0.488 e. The molecule has 0 saturated carbocycles. The van der Waals surface area contributed by atoms with E-state index >= 15 is 0 Å². The van der Waals surface area contributed by atoms with Gasteiger partial charge in [-0.05, 0) is 78.1 Å². The van der Waals surface area contributed by atoms with E-state index in [1.165, 1.54) is 12.1 Å². The lowest BCUT2D eigenvalue weighted by Crippen LogP contribution is -2.08. The molecule has 1 N–H and O–H groups in total. The van der Waals surface area contributed by atoms with Crippen LogP contribution in [0.1, 0.15) is 31.4 Å². The van der Waals surface area contributed by atoms with Crippen molar-refractivity contribution >= 4 is 17.6 Å². The Morgan fingerprint density at radius 1 is 1.06 bits per heavy atom. The number of aliphatic carboxylic acids is 1. The molecule has 0 atom stereocenters. The van der Waals surface area contributed by atoms with E-state index in [0.717, 1.165) is 27.9 Å². The van der Waals surface area contributed by atoms with E-state index in [2.05, 4.69) is 13.8 Å². The molecule has 0 aliphatic carbocycles. The van der Waals surface area contributed by atoms with Gasteiger partial charge in [0.15, 0.2) is 0 Å². The van der Waals surface area contributed by atoms with Crippen LogP contribution in [0, 0.1) is 11.7 Å². The van der Waals surface area contributed by atoms with Crippen LogP contribution in [0.25, 0.3) is 22.5 Å². The van der Waals surface area contributed by atoms with Crippen molar-refractivity contribution in [3.63, 3.8) is 0 Å². The second kappa shape index (κ2) is 11.4. The molecule has 0 aliphatic heterocycles. The highest BCUT2D eigenvalue weighted by molar-refractivity contribution is 6.30. The summed E-state index contributed by atoms with van der Waals surface area (Å²) in [4.78, 5) is 11.1. The number of nitrogens with zero attached hydrogens (tertiary/aromatic N) is 2. The Bertz CT molecular complexity index is 1350. The van der Waals surface area contributed by atoms with Gasteiger partial charge in [0.2, 0.25) is 0 Å². The van der Waals surface area contributed by atoms with Gasteiger partial charge in [-0.15, -0.1) is 0 Å². The Labute approximate surface area is 215 Å². The number of hydrogen-bond acceptors (Lipinski definition) is 3. The maximum atomic E-state index is 13.6. The Morgan fingerprint density at radius 3 is 2.53 bits per heavy atom. The van der Waals surface area contributed by atoms with Crippen molar-refractivity contribution in [2.45, 2.75) is 39.8 Å². The monoisotopic (exact) mass is 506 g/mol. The number of halogens is 2. The molecule has 0 spiro atoms. The zero-order chi connectivity index (χ0) is 25.7. The van der Waals surface area contributed by atoms with Crippen molar-refractivity contribution in [1.82, 2.24) is 9.78 Å². The van der Waals surface area contributed by atoms with Crippen LogP contribution in [0.3, 0.4) is 0 Å². The van der Waals surface area contributed by atoms with Gasteiger partial charge in [-0.3, -0.25) is 9.48 Å². The van der Waals surface area contributed by atoms with E-state index in [9.17, 15) is 9.18 Å². The Balaban J connectivity index is 1.75. The molecule has 0 saturated heterocycles. The average molecular weight is 507 g/mol. The Hall–Kier alpha value is -3.64. The van der Waals surface area contributed by atoms with E-state index in [4.69, 9.17) is 26.5 Å². The van der Waals surface area contributed by atoms with Gasteiger partial charge in [0.1, 0.15) is 18.2 Å². The molecule has 0 aliphatic rings. The number of carboxylic acids is 1. The predicted octanol–water partition coefficient (Wildman–Crippen LogP) is 7.26. The summed E-state index contributed by atoms with van der Waals surface area (Å²) in [6.45, 7) is 5.23. The quantitative estimate of drug-likeness (QED) is 0.246. The highest BCUT2D eigenvalue weighted by Crippen LogP contribution is 2.34. The first-order valence-corrected chi connectivity index (χ1v) is 12.2. The molecule has 7 heteroatoms. The summed E-state index contributed by atoms with van der Waals surface area (Å²) in [5, 5.41) is 14.7. The summed E-state index contributed by atoms with van der Waals surface area (Å²) >= 11 is 6.12. The molecule has 4 rings (SSSR count). The minimum absolute atomic E-state index is 0.0325. The van der Waals surface area contributed by atoms with Crippen LogP contribution in [-0.4, -0.2) is 20.9 Å². The number of benzene rings is 3. The molecule has 0 fully saturated rings. The molecule has 0 radical (unpaired) electrons. The van der Waals surface area contributed by atoms with E-state index in [1.807, 2.05) is 53.2 Å². The number of aromatic nitrogens is 2. The first-order chi connectivity index (χ1) is 17.3. The van der Waals surface area contributed by atoms with Gasteiger partial charge in [0.05, 0.1) is 11.4 Å². The highest BCUT2D eigenvalue weighted by atomic mass is 35.5. The zero-order valence-corrected chi connectivity index (χ0v) is 21.0. The van der Waals surface area contributed by atoms with Gasteiger partial charge < -0.3 is 9.84 Å². The van der Waals surface area contributed by atoms with Crippen molar-refractivity contribution in [2.24, 2.45) is 5.92 Å². The van der Waals surface area contributed by atoms with E-state index in [1.54, 1.807) is 12.1 Å². The third-order valence-corrected chi connectivity index (χ3v) is 5.92. The smallest absolute Gasteiger partial charge is 0.303 e. The van der Waals surface area contributed by atoms with E-state index in [-0.39, 0.29) is 12.2 Å². The van der Waals surface area contributed by atoms with Gasteiger partial charge in [-0.25, -0.2) is 4.39 Å². The molecule has 4 aromatic rings. The maximum absolute atomic E-state index is 13.6. The van der Waals surface area contributed by atoms with Crippen LogP contribution in [0.15, 0.2) is 72.8 Å². The SMILES string of the molecule is CC(C)Cn1nc(-c2cc(CCC(=O)O)ccc2OCc2cccc(Cl)c2)cc1-c1ccc(F)cc1. The largest absolute Gasteiger partial charge is 0.488 e. The van der Waals surface area contributed by atoms with Crippen molar-refractivity contribution in [2.75, 3.05) is 0 Å². The summed E-state index contributed by atoms with van der Waals surface area (Å²) in [7, 11) is 0. The third-order valence-electron chi connectivity index (χ3n) is 5.69. The van der Waals surface area contributed by atoms with Crippen molar-refractivity contribution < 1.29 is 19.0 Å². The molecule has 0 bridgehead atoms. The van der Waals surface area contributed by atoms with E-state index < -0.39 is 5.97 Å². The highest BCUT2D eigenvalue weighted by Gasteiger charge is 2.17. The van der Waals surface area contributed by atoms with Crippen LogP contribution >= 0.6 is 11.6 Å². The lowest BCUT2D eigenvalue weighted by Gasteiger charge is -2.13. The predicted molar refractivity (Wildman–Crippen MR) is 140 cm³/mol. The van der Waals surface area contributed by atoms with Crippen molar-refractivity contribution in [1.29, 1.82) is 0 Å². The summed E-state index contributed by atoms with van der Waals surface area (Å²) in [5.74, 6) is -0.166. The van der Waals surface area contributed by atoms with Gasteiger partial charge >= 0.3 is 5.97 Å². The molecule has 0 unspecified atom stereocenters. The summed E-state index contributed by atoms with van der Waals surface area (Å²) < 4.78 is 21.7.